The molecular formula is C23H39N3O7S. The first-order valence-electron chi connectivity index (χ1n) is 12.1. The summed E-state index contributed by atoms with van der Waals surface area (Å²) in [5, 5.41) is 28.0. The van der Waals surface area contributed by atoms with Crippen LogP contribution < -0.4 is 17.0 Å². The van der Waals surface area contributed by atoms with E-state index in [0.717, 1.165) is 57.1 Å². The van der Waals surface area contributed by atoms with Gasteiger partial charge in [-0.25, -0.2) is 4.79 Å². The molecule has 2 rings (SSSR count). The van der Waals surface area contributed by atoms with E-state index in [0.29, 0.717) is 17.9 Å². The van der Waals surface area contributed by atoms with Crippen molar-refractivity contribution in [1.29, 1.82) is 0 Å². The van der Waals surface area contributed by atoms with E-state index in [9.17, 15) is 24.6 Å². The zero-order valence-corrected chi connectivity index (χ0v) is 20.8. The van der Waals surface area contributed by atoms with Gasteiger partial charge in [-0.15, -0.1) is 0 Å². The molecule has 0 aromatic carbocycles. The molecule has 0 amide bonds. The van der Waals surface area contributed by atoms with Crippen molar-refractivity contribution in [3.05, 3.63) is 32.6 Å². The minimum atomic E-state index is -0.954. The highest BCUT2D eigenvalue weighted by Crippen LogP contribution is 2.27. The number of aromatic nitrogens is 2. The van der Waals surface area contributed by atoms with Gasteiger partial charge in [-0.1, -0.05) is 38.5 Å². The summed E-state index contributed by atoms with van der Waals surface area (Å²) in [7, 11) is 0. The monoisotopic (exact) mass is 501 g/mol. The summed E-state index contributed by atoms with van der Waals surface area (Å²) in [6.45, 7) is 1.67. The van der Waals surface area contributed by atoms with Gasteiger partial charge in [0.15, 0.2) is 0 Å². The lowest BCUT2D eigenvalue weighted by Crippen LogP contribution is -2.42. The molecule has 10 nitrogen and oxygen atoms in total. The van der Waals surface area contributed by atoms with E-state index in [-0.39, 0.29) is 18.6 Å². The molecule has 2 heterocycles. The third-order valence-electron chi connectivity index (χ3n) is 6.10. The minimum absolute atomic E-state index is 0.192. The highest BCUT2D eigenvalue weighted by atomic mass is 32.2. The van der Waals surface area contributed by atoms with E-state index >= 15 is 0 Å². The largest absolute Gasteiger partial charge is 0.480 e. The number of carbonyl (C=O) groups is 1. The van der Waals surface area contributed by atoms with Crippen LogP contribution in [-0.2, 0) is 16.1 Å². The fourth-order valence-electron chi connectivity index (χ4n) is 4.03. The minimum Gasteiger partial charge on any atom is -0.480 e. The number of thioether (sulfide) groups is 1. The smallest absolute Gasteiger partial charge is 0.333 e. The number of nitrogens with zero attached hydrogens (tertiary/aromatic N) is 2. The van der Waals surface area contributed by atoms with Crippen molar-refractivity contribution in [2.45, 2.75) is 95.7 Å². The van der Waals surface area contributed by atoms with Crippen molar-refractivity contribution >= 4 is 17.7 Å². The van der Waals surface area contributed by atoms with E-state index in [4.69, 9.17) is 15.6 Å². The predicted molar refractivity (Wildman–Crippen MR) is 131 cm³/mol. The lowest BCUT2D eigenvalue weighted by molar-refractivity contribution is -0.137. The molecule has 0 aliphatic carbocycles. The molecule has 1 aromatic rings. The molecule has 0 bridgehead atoms. The van der Waals surface area contributed by atoms with Gasteiger partial charge in [0.2, 0.25) is 0 Å². The van der Waals surface area contributed by atoms with Gasteiger partial charge in [-0.3, -0.25) is 18.7 Å². The lowest BCUT2D eigenvalue weighted by atomic mass is 10.1. The van der Waals surface area contributed by atoms with E-state index in [1.807, 2.05) is 0 Å². The Labute approximate surface area is 204 Å². The number of unbranched alkanes of at least 4 members (excludes halogenated alkanes) is 7. The Bertz CT molecular complexity index is 888. The van der Waals surface area contributed by atoms with Crippen molar-refractivity contribution in [2.75, 3.05) is 18.1 Å². The molecule has 1 aliphatic heterocycles. The topological polar surface area (TPSA) is 157 Å². The summed E-state index contributed by atoms with van der Waals surface area (Å²) in [4.78, 5) is 36.0. The van der Waals surface area contributed by atoms with Crippen molar-refractivity contribution in [3.63, 3.8) is 0 Å². The fourth-order valence-corrected chi connectivity index (χ4v) is 5.00. The highest BCUT2D eigenvalue weighted by molar-refractivity contribution is 7.99. The van der Waals surface area contributed by atoms with Crippen LogP contribution in [0.4, 0.5) is 0 Å². The number of hydrogen-bond donors (Lipinski definition) is 4. The zero-order valence-electron chi connectivity index (χ0n) is 19.9. The Morgan fingerprint density at radius 2 is 1.79 bits per heavy atom. The lowest BCUT2D eigenvalue weighted by Gasteiger charge is -2.17. The summed E-state index contributed by atoms with van der Waals surface area (Å²) in [6.07, 6.45) is 7.60. The normalized spacial score (nSPS) is 21.1. The third-order valence-corrected chi connectivity index (χ3v) is 7.27. The maximum Gasteiger partial charge on any atom is 0.333 e. The second kappa shape index (κ2) is 14.7. The molecular weight excluding hydrogens is 462 g/mol. The van der Waals surface area contributed by atoms with Gasteiger partial charge in [-0.2, -0.15) is 11.8 Å². The molecule has 0 unspecified atom stereocenters. The molecule has 5 N–H and O–H groups in total. The summed E-state index contributed by atoms with van der Waals surface area (Å²) in [5.41, 5.74) is 5.15. The van der Waals surface area contributed by atoms with Crippen LogP contribution in [0.15, 0.2) is 15.8 Å². The van der Waals surface area contributed by atoms with Gasteiger partial charge >= 0.3 is 11.7 Å². The number of hydrogen-bond acceptors (Lipinski definition) is 8. The van der Waals surface area contributed by atoms with E-state index in [1.165, 1.54) is 15.3 Å². The van der Waals surface area contributed by atoms with E-state index in [2.05, 4.69) is 0 Å². The molecule has 0 spiro atoms. The summed E-state index contributed by atoms with van der Waals surface area (Å²) in [6, 6.07) is -0.786. The fraction of sp³-hybridized carbons (Fsp3) is 0.783. The summed E-state index contributed by atoms with van der Waals surface area (Å²) in [5.74, 6) is 0.419. The van der Waals surface area contributed by atoms with Crippen LogP contribution >= 0.6 is 11.8 Å². The van der Waals surface area contributed by atoms with Crippen LogP contribution in [0.5, 0.6) is 0 Å². The van der Waals surface area contributed by atoms with Crippen molar-refractivity contribution in [1.82, 2.24) is 9.13 Å². The van der Waals surface area contributed by atoms with E-state index in [1.54, 1.807) is 18.7 Å². The summed E-state index contributed by atoms with van der Waals surface area (Å²) < 4.78 is 8.18. The van der Waals surface area contributed by atoms with Crippen LogP contribution in [0.1, 0.15) is 69.6 Å². The van der Waals surface area contributed by atoms with Gasteiger partial charge < -0.3 is 25.8 Å². The average molecular weight is 502 g/mol. The number of nitrogens with two attached hydrogens (primary N) is 1. The Kier molecular flexibility index (Phi) is 12.3. The van der Waals surface area contributed by atoms with Crippen LogP contribution in [-0.4, -0.2) is 66.8 Å². The SMILES string of the molecule is Cc1cn([C@H]2C[C@H](O)[C@@H](CO)O2)c(=O)n(CCCCCCCCCCSC[C@H](N)C(=O)O)c1=O. The number of carboxylic acids is 1. The maximum absolute atomic E-state index is 12.9. The van der Waals surface area contributed by atoms with Crippen molar-refractivity contribution in [2.24, 2.45) is 5.73 Å². The molecule has 1 aromatic heterocycles. The Morgan fingerprint density at radius 1 is 1.18 bits per heavy atom. The first-order valence-corrected chi connectivity index (χ1v) is 13.2. The van der Waals surface area contributed by atoms with Gasteiger partial charge in [0, 0.05) is 30.5 Å². The maximum atomic E-state index is 12.9. The molecule has 1 saturated heterocycles. The number of ether oxygens (including phenoxy) is 1. The van der Waals surface area contributed by atoms with Gasteiger partial charge in [-0.05, 0) is 25.5 Å². The van der Waals surface area contributed by atoms with Gasteiger partial charge in [0.05, 0.1) is 12.7 Å². The number of carboxylic acid groups (broad SMARTS) is 1. The standard InChI is InChI=1S/C23H39N3O7S/c1-16-13-26(20-12-18(28)19(14-27)33-20)23(32)25(21(16)29)10-8-6-4-2-3-5-7-9-11-34-15-17(24)22(30)31/h13,17-20,27-28H,2-12,14-15,24H2,1H3,(H,30,31)/t17-,18-,19+,20+/m0/s1. The highest BCUT2D eigenvalue weighted by Gasteiger charge is 2.35. The molecule has 0 radical (unpaired) electrons. The number of aliphatic carboxylic acids is 1. The van der Waals surface area contributed by atoms with Crippen molar-refractivity contribution in [3.8, 4) is 0 Å². The molecule has 0 saturated carbocycles. The Morgan fingerprint density at radius 3 is 2.38 bits per heavy atom. The van der Waals surface area contributed by atoms with Crippen molar-refractivity contribution < 1.29 is 24.9 Å². The summed E-state index contributed by atoms with van der Waals surface area (Å²) >= 11 is 1.58. The second-order valence-corrected chi connectivity index (χ2v) is 10.1. The Balaban J connectivity index is 1.67. The molecule has 1 aliphatic rings. The van der Waals surface area contributed by atoms with Crippen LogP contribution in [0.25, 0.3) is 0 Å². The van der Waals surface area contributed by atoms with E-state index < -0.39 is 36.1 Å². The van der Waals surface area contributed by atoms with Crippen LogP contribution in [0.2, 0.25) is 0 Å². The zero-order chi connectivity index (χ0) is 25.1. The van der Waals surface area contributed by atoms with Gasteiger partial charge in [0.1, 0.15) is 18.4 Å². The predicted octanol–water partition coefficient (Wildman–Crippen LogP) is 1.23. The molecule has 4 atom stereocenters. The number of aryl methyl sites for hydroxylation is 1. The molecule has 34 heavy (non-hydrogen) atoms. The molecule has 194 valence electrons. The van der Waals surface area contributed by atoms with Crippen LogP contribution in [0, 0.1) is 6.92 Å². The number of aliphatic hydroxyl groups is 2. The third kappa shape index (κ3) is 8.53. The first-order chi connectivity index (χ1) is 16.3. The number of aliphatic hydroxyl groups excluding tert-OH is 2. The Hall–Kier alpha value is -1.66. The van der Waals surface area contributed by atoms with Crippen LogP contribution in [0.3, 0.4) is 0 Å². The van der Waals surface area contributed by atoms with Gasteiger partial charge in [0.25, 0.3) is 5.56 Å². The molecule has 11 heteroatoms. The number of rotatable bonds is 16. The molecule has 1 fully saturated rings. The quantitative estimate of drug-likeness (QED) is 0.245. The average Bonchev–Trinajstić information content (AvgIpc) is 3.18. The first kappa shape index (κ1) is 28.6. The second-order valence-electron chi connectivity index (χ2n) is 8.92.